The lowest BCUT2D eigenvalue weighted by Gasteiger charge is -2.11. The van der Waals surface area contributed by atoms with Crippen LogP contribution in [0.25, 0.3) is 6.08 Å². The van der Waals surface area contributed by atoms with Gasteiger partial charge in [0.2, 0.25) is 0 Å². The molecule has 0 bridgehead atoms. The third-order valence-electron chi connectivity index (χ3n) is 3.60. The Kier molecular flexibility index (Phi) is 4.60. The molecule has 1 amide bonds. The number of nitrogens with zero attached hydrogens (tertiary/aromatic N) is 2. The zero-order valence-electron chi connectivity index (χ0n) is 13.1. The SMILES string of the molecule is COc1c(Cl)cc(/C=C2/C(=O)N(c3ccccc3)N=C2C)cc1Cl. The number of benzene rings is 2. The van der Waals surface area contributed by atoms with Gasteiger partial charge in [0.25, 0.3) is 5.91 Å². The minimum atomic E-state index is -0.193. The number of ether oxygens (including phenoxy) is 1. The highest BCUT2D eigenvalue weighted by atomic mass is 35.5. The van der Waals surface area contributed by atoms with E-state index in [-0.39, 0.29) is 5.91 Å². The fourth-order valence-electron chi connectivity index (χ4n) is 2.45. The Morgan fingerprint density at radius 1 is 1.12 bits per heavy atom. The van der Waals surface area contributed by atoms with E-state index in [1.54, 1.807) is 25.1 Å². The van der Waals surface area contributed by atoms with E-state index in [4.69, 9.17) is 27.9 Å². The molecule has 0 N–H and O–H groups in total. The standard InChI is InChI=1S/C18H14Cl2N2O2/c1-11-14(8-12-9-15(19)17(24-2)16(20)10-12)18(23)22(21-11)13-6-4-3-5-7-13/h3-10H,1-2H3/b14-8+. The summed E-state index contributed by atoms with van der Waals surface area (Å²) in [5.41, 5.74) is 2.55. The maximum Gasteiger partial charge on any atom is 0.280 e. The number of carbonyl (C=O) groups is 1. The van der Waals surface area contributed by atoms with Gasteiger partial charge in [-0.3, -0.25) is 4.79 Å². The average Bonchev–Trinajstić information content (AvgIpc) is 2.84. The second-order valence-electron chi connectivity index (χ2n) is 5.21. The molecule has 2 aromatic rings. The van der Waals surface area contributed by atoms with E-state index in [9.17, 15) is 4.79 Å². The van der Waals surface area contributed by atoms with Crippen molar-refractivity contribution in [3.05, 3.63) is 63.6 Å². The van der Waals surface area contributed by atoms with Gasteiger partial charge in [-0.2, -0.15) is 10.1 Å². The van der Waals surface area contributed by atoms with Crippen LogP contribution in [0.5, 0.6) is 5.75 Å². The predicted molar refractivity (Wildman–Crippen MR) is 98.0 cm³/mol. The Hall–Kier alpha value is -2.30. The van der Waals surface area contributed by atoms with Crippen LogP contribution in [-0.2, 0) is 4.79 Å². The smallest absolute Gasteiger partial charge is 0.280 e. The van der Waals surface area contributed by atoms with Crippen molar-refractivity contribution in [1.82, 2.24) is 0 Å². The van der Waals surface area contributed by atoms with Crippen LogP contribution in [0.2, 0.25) is 10.0 Å². The molecule has 2 aromatic carbocycles. The summed E-state index contributed by atoms with van der Waals surface area (Å²) in [5.74, 6) is 0.219. The van der Waals surface area contributed by atoms with E-state index in [0.717, 1.165) is 5.69 Å². The monoisotopic (exact) mass is 360 g/mol. The van der Waals surface area contributed by atoms with E-state index in [2.05, 4.69) is 5.10 Å². The van der Waals surface area contributed by atoms with Crippen molar-refractivity contribution in [3.63, 3.8) is 0 Å². The first-order valence-corrected chi connectivity index (χ1v) is 7.96. The zero-order valence-corrected chi connectivity index (χ0v) is 14.6. The number of hydrogen-bond donors (Lipinski definition) is 0. The Bertz CT molecular complexity index is 838. The van der Waals surface area contributed by atoms with E-state index in [1.807, 2.05) is 30.3 Å². The first-order chi connectivity index (χ1) is 11.5. The van der Waals surface area contributed by atoms with Crippen molar-refractivity contribution >= 4 is 46.6 Å². The number of para-hydroxylation sites is 1. The van der Waals surface area contributed by atoms with Gasteiger partial charge in [0.05, 0.1) is 34.1 Å². The third kappa shape index (κ3) is 3.03. The van der Waals surface area contributed by atoms with Crippen LogP contribution in [-0.4, -0.2) is 18.7 Å². The molecule has 0 aromatic heterocycles. The quantitative estimate of drug-likeness (QED) is 0.737. The van der Waals surface area contributed by atoms with Crippen LogP contribution in [0.1, 0.15) is 12.5 Å². The number of carbonyl (C=O) groups excluding carboxylic acids is 1. The Labute approximate surface area is 149 Å². The van der Waals surface area contributed by atoms with E-state index in [0.29, 0.717) is 32.6 Å². The summed E-state index contributed by atoms with van der Waals surface area (Å²) in [4.78, 5) is 12.7. The summed E-state index contributed by atoms with van der Waals surface area (Å²) in [6, 6.07) is 12.7. The lowest BCUT2D eigenvalue weighted by molar-refractivity contribution is -0.114. The molecule has 1 aliphatic heterocycles. The molecule has 0 radical (unpaired) electrons. The average molecular weight is 361 g/mol. The number of anilines is 1. The van der Waals surface area contributed by atoms with Gasteiger partial charge in [-0.05, 0) is 42.8 Å². The van der Waals surface area contributed by atoms with Gasteiger partial charge < -0.3 is 4.74 Å². The number of amides is 1. The largest absolute Gasteiger partial charge is 0.494 e. The van der Waals surface area contributed by atoms with Gasteiger partial charge in [0.15, 0.2) is 5.75 Å². The summed E-state index contributed by atoms with van der Waals surface area (Å²) in [6.07, 6.45) is 1.72. The molecule has 0 unspecified atom stereocenters. The topological polar surface area (TPSA) is 41.9 Å². The maximum atomic E-state index is 12.7. The molecule has 0 aliphatic carbocycles. The number of rotatable bonds is 3. The molecule has 0 fully saturated rings. The Morgan fingerprint density at radius 2 is 1.75 bits per heavy atom. The molecule has 0 atom stereocenters. The fourth-order valence-corrected chi connectivity index (χ4v) is 3.11. The molecule has 1 heterocycles. The second-order valence-corrected chi connectivity index (χ2v) is 6.03. The minimum absolute atomic E-state index is 0.193. The van der Waals surface area contributed by atoms with Gasteiger partial charge in [0, 0.05) is 0 Å². The molecule has 0 saturated carbocycles. The fraction of sp³-hybridized carbons (Fsp3) is 0.111. The highest BCUT2D eigenvalue weighted by molar-refractivity contribution is 6.37. The van der Waals surface area contributed by atoms with Crippen LogP contribution >= 0.6 is 23.2 Å². The second kappa shape index (κ2) is 6.67. The highest BCUT2D eigenvalue weighted by Crippen LogP contribution is 2.35. The summed E-state index contributed by atoms with van der Waals surface area (Å²) < 4.78 is 5.13. The van der Waals surface area contributed by atoms with Crippen LogP contribution in [0.15, 0.2) is 53.1 Å². The number of hydrazone groups is 1. The van der Waals surface area contributed by atoms with Gasteiger partial charge in [-0.25, -0.2) is 0 Å². The van der Waals surface area contributed by atoms with Gasteiger partial charge in [-0.1, -0.05) is 41.4 Å². The normalized spacial score (nSPS) is 15.8. The third-order valence-corrected chi connectivity index (χ3v) is 4.16. The molecular formula is C18H14Cl2N2O2. The van der Waals surface area contributed by atoms with Gasteiger partial charge >= 0.3 is 0 Å². The summed E-state index contributed by atoms with van der Waals surface area (Å²) in [5, 5.41) is 6.49. The van der Waals surface area contributed by atoms with Crippen LogP contribution < -0.4 is 9.75 Å². The maximum absolute atomic E-state index is 12.7. The number of hydrogen-bond acceptors (Lipinski definition) is 3. The number of halogens is 2. The van der Waals surface area contributed by atoms with Crippen molar-refractivity contribution in [3.8, 4) is 5.75 Å². The summed E-state index contributed by atoms with van der Waals surface area (Å²) in [6.45, 7) is 1.79. The van der Waals surface area contributed by atoms with Crippen molar-refractivity contribution in [2.24, 2.45) is 5.10 Å². The predicted octanol–water partition coefficient (Wildman–Crippen LogP) is 4.81. The van der Waals surface area contributed by atoms with Crippen molar-refractivity contribution in [1.29, 1.82) is 0 Å². The molecular weight excluding hydrogens is 347 g/mol. The minimum Gasteiger partial charge on any atom is -0.494 e. The van der Waals surface area contributed by atoms with E-state index >= 15 is 0 Å². The van der Waals surface area contributed by atoms with E-state index < -0.39 is 0 Å². The summed E-state index contributed by atoms with van der Waals surface area (Å²) >= 11 is 12.3. The van der Waals surface area contributed by atoms with Crippen molar-refractivity contribution in [2.45, 2.75) is 6.92 Å². The first kappa shape index (κ1) is 16.6. The molecule has 4 nitrogen and oxygen atoms in total. The Morgan fingerprint density at radius 3 is 2.33 bits per heavy atom. The molecule has 0 spiro atoms. The number of methoxy groups -OCH3 is 1. The first-order valence-electron chi connectivity index (χ1n) is 7.21. The molecule has 1 aliphatic rings. The van der Waals surface area contributed by atoms with E-state index in [1.165, 1.54) is 12.1 Å². The van der Waals surface area contributed by atoms with Crippen LogP contribution in [0.4, 0.5) is 5.69 Å². The van der Waals surface area contributed by atoms with Crippen LogP contribution in [0, 0.1) is 0 Å². The molecule has 0 saturated heterocycles. The van der Waals surface area contributed by atoms with Gasteiger partial charge in [0.1, 0.15) is 0 Å². The van der Waals surface area contributed by atoms with Crippen LogP contribution in [0.3, 0.4) is 0 Å². The summed E-state index contributed by atoms with van der Waals surface area (Å²) in [7, 11) is 1.50. The molecule has 6 heteroatoms. The van der Waals surface area contributed by atoms with Crippen molar-refractivity contribution in [2.75, 3.05) is 12.1 Å². The molecule has 3 rings (SSSR count). The Balaban J connectivity index is 1.97. The lowest BCUT2D eigenvalue weighted by Crippen LogP contribution is -2.21. The zero-order chi connectivity index (χ0) is 17.3. The lowest BCUT2D eigenvalue weighted by atomic mass is 10.1. The van der Waals surface area contributed by atoms with Gasteiger partial charge in [-0.15, -0.1) is 0 Å². The van der Waals surface area contributed by atoms with Crippen molar-refractivity contribution < 1.29 is 9.53 Å². The molecule has 122 valence electrons. The highest BCUT2D eigenvalue weighted by Gasteiger charge is 2.28. The molecule has 24 heavy (non-hydrogen) atoms.